The van der Waals surface area contributed by atoms with Gasteiger partial charge in [-0.1, -0.05) is 152 Å². The average Bonchev–Trinajstić information content (AvgIpc) is 3.65. The highest BCUT2D eigenvalue weighted by Crippen LogP contribution is 2.44. The summed E-state index contributed by atoms with van der Waals surface area (Å²) in [6, 6.07) is 66.0. The normalized spacial score (nSPS) is 11.6. The lowest BCUT2D eigenvalue weighted by Gasteiger charge is -2.17. The standard InChI is InChI=1S/C51H31N3O/c1-3-14-32(15-4-1)49-52-50(33-16-5-2-6-17-33)54-51(53-49)36-19-13-18-35(28-36)43-30-37(34-26-27-47-44(29-34)41-23-11-12-25-46(41)55-47)31-45-40-22-8-7-20-38(40)39-21-9-10-24-42(39)48(43)45/h1-31H. The Morgan fingerprint density at radius 1 is 0.273 bits per heavy atom. The van der Waals surface area contributed by atoms with Crippen LogP contribution in [0.3, 0.4) is 0 Å². The molecule has 0 atom stereocenters. The van der Waals surface area contributed by atoms with E-state index in [0.717, 1.165) is 60.9 Å². The topological polar surface area (TPSA) is 51.8 Å². The van der Waals surface area contributed by atoms with E-state index in [1.165, 1.54) is 32.3 Å². The largest absolute Gasteiger partial charge is 0.456 e. The van der Waals surface area contributed by atoms with Crippen molar-refractivity contribution >= 4 is 54.3 Å². The van der Waals surface area contributed by atoms with Crippen LogP contribution < -0.4 is 0 Å². The number of furan rings is 1. The molecule has 11 rings (SSSR count). The van der Waals surface area contributed by atoms with Crippen LogP contribution in [0, 0.1) is 0 Å². The molecule has 0 aliphatic rings. The number of hydrogen-bond acceptors (Lipinski definition) is 4. The first-order chi connectivity index (χ1) is 27.2. The summed E-state index contributed by atoms with van der Waals surface area (Å²) in [5.74, 6) is 1.91. The van der Waals surface area contributed by atoms with Crippen molar-refractivity contribution in [1.82, 2.24) is 15.0 Å². The Morgan fingerprint density at radius 2 is 0.764 bits per heavy atom. The van der Waals surface area contributed by atoms with Crippen molar-refractivity contribution in [3.63, 3.8) is 0 Å². The quantitative estimate of drug-likeness (QED) is 0.168. The molecule has 0 aliphatic heterocycles. The second-order valence-electron chi connectivity index (χ2n) is 14.0. The molecular formula is C51H31N3O. The van der Waals surface area contributed by atoms with E-state index < -0.39 is 0 Å². The first-order valence-electron chi connectivity index (χ1n) is 18.5. The molecule has 55 heavy (non-hydrogen) atoms. The van der Waals surface area contributed by atoms with Gasteiger partial charge < -0.3 is 4.42 Å². The second-order valence-corrected chi connectivity index (χ2v) is 14.0. The van der Waals surface area contributed by atoms with E-state index >= 15 is 0 Å². The Bertz CT molecular complexity index is 3200. The van der Waals surface area contributed by atoms with Crippen LogP contribution >= 0.6 is 0 Å². The molecule has 0 saturated carbocycles. The van der Waals surface area contributed by atoms with Gasteiger partial charge in [-0.2, -0.15) is 0 Å². The molecule has 0 bridgehead atoms. The molecule has 0 spiro atoms. The first kappa shape index (κ1) is 31.1. The lowest BCUT2D eigenvalue weighted by Crippen LogP contribution is -2.00. The van der Waals surface area contributed by atoms with Gasteiger partial charge in [0, 0.05) is 27.5 Å². The zero-order valence-electron chi connectivity index (χ0n) is 29.6. The maximum Gasteiger partial charge on any atom is 0.164 e. The van der Waals surface area contributed by atoms with Crippen LogP contribution in [0.25, 0.3) is 111 Å². The Balaban J connectivity index is 1.18. The monoisotopic (exact) mass is 701 g/mol. The van der Waals surface area contributed by atoms with Gasteiger partial charge in [0.1, 0.15) is 11.2 Å². The third kappa shape index (κ3) is 5.26. The molecular weight excluding hydrogens is 671 g/mol. The van der Waals surface area contributed by atoms with Crippen LogP contribution in [0.1, 0.15) is 0 Å². The molecule has 0 saturated heterocycles. The molecule has 256 valence electrons. The maximum absolute atomic E-state index is 6.22. The molecule has 0 N–H and O–H groups in total. The van der Waals surface area contributed by atoms with E-state index in [9.17, 15) is 0 Å². The van der Waals surface area contributed by atoms with Gasteiger partial charge in [-0.3, -0.25) is 0 Å². The minimum Gasteiger partial charge on any atom is -0.456 e. The van der Waals surface area contributed by atoms with Crippen molar-refractivity contribution in [2.24, 2.45) is 0 Å². The van der Waals surface area contributed by atoms with Crippen LogP contribution in [0.4, 0.5) is 0 Å². The Morgan fingerprint density at radius 3 is 1.45 bits per heavy atom. The highest BCUT2D eigenvalue weighted by Gasteiger charge is 2.18. The van der Waals surface area contributed by atoms with Gasteiger partial charge in [-0.25, -0.2) is 15.0 Å². The van der Waals surface area contributed by atoms with Crippen molar-refractivity contribution in [2.75, 3.05) is 0 Å². The number of fused-ring (bicyclic) bond motifs is 9. The first-order valence-corrected chi connectivity index (χ1v) is 18.5. The maximum atomic E-state index is 6.22. The molecule has 4 nitrogen and oxygen atoms in total. The van der Waals surface area contributed by atoms with Crippen molar-refractivity contribution in [3.05, 3.63) is 188 Å². The summed E-state index contributed by atoms with van der Waals surface area (Å²) in [5, 5.41) is 9.58. The number of hydrogen-bond donors (Lipinski definition) is 0. The molecule has 0 aliphatic carbocycles. The highest BCUT2D eigenvalue weighted by molar-refractivity contribution is 6.29. The highest BCUT2D eigenvalue weighted by atomic mass is 16.3. The van der Waals surface area contributed by atoms with Crippen molar-refractivity contribution < 1.29 is 4.42 Å². The van der Waals surface area contributed by atoms with Crippen molar-refractivity contribution in [1.29, 1.82) is 0 Å². The third-order valence-electron chi connectivity index (χ3n) is 10.7. The smallest absolute Gasteiger partial charge is 0.164 e. The minimum absolute atomic E-state index is 0.627. The summed E-state index contributed by atoms with van der Waals surface area (Å²) < 4.78 is 6.22. The fraction of sp³-hybridized carbons (Fsp3) is 0. The van der Waals surface area contributed by atoms with Crippen LogP contribution in [0.15, 0.2) is 192 Å². The minimum atomic E-state index is 0.627. The van der Waals surface area contributed by atoms with E-state index in [2.05, 4.69) is 115 Å². The summed E-state index contributed by atoms with van der Waals surface area (Å²) in [5.41, 5.74) is 9.09. The molecule has 11 aromatic rings. The zero-order valence-corrected chi connectivity index (χ0v) is 29.6. The second kappa shape index (κ2) is 12.6. The summed E-state index contributed by atoms with van der Waals surface area (Å²) in [4.78, 5) is 15.1. The summed E-state index contributed by atoms with van der Waals surface area (Å²) in [7, 11) is 0. The molecule has 0 amide bonds. The van der Waals surface area contributed by atoms with E-state index in [4.69, 9.17) is 19.4 Å². The van der Waals surface area contributed by atoms with Crippen LogP contribution in [-0.4, -0.2) is 15.0 Å². The van der Waals surface area contributed by atoms with Crippen molar-refractivity contribution in [2.45, 2.75) is 0 Å². The van der Waals surface area contributed by atoms with Crippen LogP contribution in [-0.2, 0) is 0 Å². The predicted octanol–water partition coefficient (Wildman–Crippen LogP) is 13.6. The summed E-state index contributed by atoms with van der Waals surface area (Å²) in [6.07, 6.45) is 0. The summed E-state index contributed by atoms with van der Waals surface area (Å²) in [6.45, 7) is 0. The molecule has 4 heteroatoms. The van der Waals surface area contributed by atoms with Gasteiger partial charge >= 0.3 is 0 Å². The van der Waals surface area contributed by atoms with Crippen LogP contribution in [0.2, 0.25) is 0 Å². The third-order valence-corrected chi connectivity index (χ3v) is 10.7. The van der Waals surface area contributed by atoms with Gasteiger partial charge in [-0.05, 0) is 91.0 Å². The Hall–Kier alpha value is -7.43. The van der Waals surface area contributed by atoms with E-state index in [-0.39, 0.29) is 0 Å². The molecule has 2 aromatic heterocycles. The SMILES string of the molecule is c1ccc(-c2nc(-c3ccccc3)nc(-c3cccc(-c4cc(-c5ccc6oc7ccccc7c6c5)cc5c6ccccc6c6ccccc6c45)c3)n2)cc1. The summed E-state index contributed by atoms with van der Waals surface area (Å²) >= 11 is 0. The molecule has 0 unspecified atom stereocenters. The number of nitrogens with zero attached hydrogens (tertiary/aromatic N) is 3. The van der Waals surface area contributed by atoms with Gasteiger partial charge in [0.15, 0.2) is 17.5 Å². The molecule has 2 heterocycles. The lowest BCUT2D eigenvalue weighted by molar-refractivity contribution is 0.669. The number of para-hydroxylation sites is 1. The number of rotatable bonds is 5. The van der Waals surface area contributed by atoms with E-state index in [0.29, 0.717) is 17.5 Å². The number of benzene rings is 9. The number of aromatic nitrogens is 3. The van der Waals surface area contributed by atoms with Crippen molar-refractivity contribution in [3.8, 4) is 56.4 Å². The molecule has 0 fully saturated rings. The molecule has 0 radical (unpaired) electrons. The van der Waals surface area contributed by atoms with Gasteiger partial charge in [0.2, 0.25) is 0 Å². The zero-order chi connectivity index (χ0) is 36.3. The van der Waals surface area contributed by atoms with Gasteiger partial charge in [0.05, 0.1) is 0 Å². The Kier molecular flexibility index (Phi) is 7.14. The molecule has 9 aromatic carbocycles. The fourth-order valence-electron chi connectivity index (χ4n) is 8.10. The van der Waals surface area contributed by atoms with Crippen LogP contribution in [0.5, 0.6) is 0 Å². The average molecular weight is 702 g/mol. The predicted molar refractivity (Wildman–Crippen MR) is 227 cm³/mol. The fourth-order valence-corrected chi connectivity index (χ4v) is 8.10. The van der Waals surface area contributed by atoms with Gasteiger partial charge in [-0.15, -0.1) is 0 Å². The Labute approximate surface area is 317 Å². The van der Waals surface area contributed by atoms with E-state index in [1.54, 1.807) is 0 Å². The van der Waals surface area contributed by atoms with E-state index in [1.807, 2.05) is 72.8 Å². The van der Waals surface area contributed by atoms with Gasteiger partial charge in [0.25, 0.3) is 0 Å². The lowest BCUT2D eigenvalue weighted by atomic mass is 9.86.